The monoisotopic (exact) mass is 287 g/mol. The minimum absolute atomic E-state index is 0.189. The third-order valence-corrected chi connectivity index (χ3v) is 2.50. The van der Waals surface area contributed by atoms with Crippen LogP contribution in [0.25, 0.3) is 0 Å². The van der Waals surface area contributed by atoms with Crippen LogP contribution in [-0.2, 0) is 15.9 Å². The van der Waals surface area contributed by atoms with Crippen molar-refractivity contribution in [3.05, 3.63) is 34.6 Å². The van der Waals surface area contributed by atoms with E-state index < -0.39 is 11.9 Å². The van der Waals surface area contributed by atoms with Crippen molar-refractivity contribution in [1.29, 1.82) is 0 Å². The minimum Gasteiger partial charge on any atom is -0.481 e. The molecule has 1 amide bonds. The molecule has 0 spiro atoms. The third-order valence-electron chi connectivity index (χ3n) is 2.15. The molecule has 1 aromatic carbocycles. The molecule has 0 aliphatic rings. The van der Waals surface area contributed by atoms with E-state index in [-0.39, 0.29) is 23.9 Å². The van der Waals surface area contributed by atoms with Gasteiger partial charge in [-0.05, 0) is 31.5 Å². The van der Waals surface area contributed by atoms with Crippen LogP contribution < -0.4 is 0 Å². The standard InChI is InChI=1S/C13H15ClFNO3/c1-3-18-12(16-13(17)19-4-2)7-9-5-6-10(15)8-11(9)14/h5-6,8H,3-4,7H2,1-2H3. The highest BCUT2D eigenvalue weighted by molar-refractivity contribution is 6.31. The molecule has 1 aromatic rings. The molecule has 0 saturated heterocycles. The van der Waals surface area contributed by atoms with Crippen LogP contribution >= 0.6 is 11.6 Å². The van der Waals surface area contributed by atoms with Crippen molar-refractivity contribution in [2.75, 3.05) is 13.2 Å². The maximum atomic E-state index is 12.9. The van der Waals surface area contributed by atoms with Crippen molar-refractivity contribution in [3.8, 4) is 0 Å². The highest BCUT2D eigenvalue weighted by Gasteiger charge is 2.10. The molecular formula is C13H15ClFNO3. The van der Waals surface area contributed by atoms with Crippen LogP contribution in [0, 0.1) is 5.82 Å². The van der Waals surface area contributed by atoms with Crippen molar-refractivity contribution in [2.24, 2.45) is 4.99 Å². The van der Waals surface area contributed by atoms with E-state index in [2.05, 4.69) is 4.99 Å². The Morgan fingerprint density at radius 3 is 2.58 bits per heavy atom. The summed E-state index contributed by atoms with van der Waals surface area (Å²) in [7, 11) is 0. The van der Waals surface area contributed by atoms with Gasteiger partial charge in [0.1, 0.15) is 5.82 Å². The fourth-order valence-electron chi connectivity index (χ4n) is 1.37. The number of benzene rings is 1. The number of halogens is 2. The maximum Gasteiger partial charge on any atom is 0.436 e. The van der Waals surface area contributed by atoms with Crippen LogP contribution in [0.5, 0.6) is 0 Å². The molecule has 1 rings (SSSR count). The molecule has 0 unspecified atom stereocenters. The van der Waals surface area contributed by atoms with Crippen molar-refractivity contribution < 1.29 is 18.7 Å². The van der Waals surface area contributed by atoms with Gasteiger partial charge in [0.2, 0.25) is 0 Å². The van der Waals surface area contributed by atoms with Gasteiger partial charge in [-0.2, -0.15) is 0 Å². The Bertz CT molecular complexity index is 477. The Hall–Kier alpha value is -1.62. The van der Waals surface area contributed by atoms with Gasteiger partial charge >= 0.3 is 6.09 Å². The van der Waals surface area contributed by atoms with Crippen LogP contribution in [-0.4, -0.2) is 25.2 Å². The van der Waals surface area contributed by atoms with Gasteiger partial charge in [-0.25, -0.2) is 9.18 Å². The SMILES string of the molecule is CCOC(=O)N=C(Cc1ccc(F)cc1Cl)OCC. The molecule has 4 nitrogen and oxygen atoms in total. The zero-order valence-corrected chi connectivity index (χ0v) is 11.5. The summed E-state index contributed by atoms with van der Waals surface area (Å²) in [6, 6.07) is 4.01. The molecule has 0 N–H and O–H groups in total. The third kappa shape index (κ3) is 5.26. The van der Waals surface area contributed by atoms with Crippen LogP contribution in [0.1, 0.15) is 19.4 Å². The molecule has 0 bridgehead atoms. The zero-order valence-electron chi connectivity index (χ0n) is 10.8. The number of nitrogens with zero attached hydrogens (tertiary/aromatic N) is 1. The summed E-state index contributed by atoms with van der Waals surface area (Å²) < 4.78 is 22.9. The number of rotatable bonds is 4. The van der Waals surface area contributed by atoms with Crippen LogP contribution in [0.4, 0.5) is 9.18 Å². The molecule has 6 heteroatoms. The van der Waals surface area contributed by atoms with E-state index in [0.717, 1.165) is 0 Å². The Morgan fingerprint density at radius 1 is 1.32 bits per heavy atom. The molecule has 0 atom stereocenters. The first-order valence-corrected chi connectivity index (χ1v) is 6.25. The second kappa shape index (κ2) is 7.74. The van der Waals surface area contributed by atoms with Gasteiger partial charge in [0.25, 0.3) is 0 Å². The largest absolute Gasteiger partial charge is 0.481 e. The van der Waals surface area contributed by atoms with E-state index in [4.69, 9.17) is 21.1 Å². The lowest BCUT2D eigenvalue weighted by Crippen LogP contribution is -2.12. The topological polar surface area (TPSA) is 47.9 Å². The fourth-order valence-corrected chi connectivity index (χ4v) is 1.61. The number of carbonyl (C=O) groups is 1. The number of amides is 1. The maximum absolute atomic E-state index is 12.9. The summed E-state index contributed by atoms with van der Waals surface area (Å²) in [5, 5.41) is 0.260. The molecule has 104 valence electrons. The van der Waals surface area contributed by atoms with E-state index in [1.165, 1.54) is 18.2 Å². The molecule has 0 fully saturated rings. The molecule has 0 aliphatic carbocycles. The summed E-state index contributed by atoms with van der Waals surface area (Å²) >= 11 is 5.90. The lowest BCUT2D eigenvalue weighted by atomic mass is 10.1. The number of hydrogen-bond donors (Lipinski definition) is 0. The van der Waals surface area contributed by atoms with Gasteiger partial charge < -0.3 is 9.47 Å². The molecule has 0 saturated carbocycles. The van der Waals surface area contributed by atoms with E-state index in [9.17, 15) is 9.18 Å². The van der Waals surface area contributed by atoms with Gasteiger partial charge in [0, 0.05) is 5.02 Å². The Labute approximate surface area is 116 Å². The number of carbonyl (C=O) groups excluding carboxylic acids is 1. The van der Waals surface area contributed by atoms with Gasteiger partial charge in [-0.1, -0.05) is 17.7 Å². The van der Waals surface area contributed by atoms with Crippen molar-refractivity contribution in [1.82, 2.24) is 0 Å². The van der Waals surface area contributed by atoms with Gasteiger partial charge in [-0.3, -0.25) is 0 Å². The molecule has 0 radical (unpaired) electrons. The number of hydrogen-bond acceptors (Lipinski definition) is 3. The number of aliphatic imine (C=N–C) groups is 1. The number of ether oxygens (including phenoxy) is 2. The zero-order chi connectivity index (χ0) is 14.3. The molecule has 0 aromatic heterocycles. The van der Waals surface area contributed by atoms with Gasteiger partial charge in [0.15, 0.2) is 5.90 Å². The average molecular weight is 288 g/mol. The van der Waals surface area contributed by atoms with Crippen LogP contribution in [0.3, 0.4) is 0 Å². The Kier molecular flexibility index (Phi) is 6.29. The molecule has 0 heterocycles. The second-order valence-corrected chi connectivity index (χ2v) is 3.96. The van der Waals surface area contributed by atoms with Crippen LogP contribution in [0.2, 0.25) is 5.02 Å². The molecule has 0 aliphatic heterocycles. The lowest BCUT2D eigenvalue weighted by molar-refractivity contribution is 0.162. The summed E-state index contributed by atoms with van der Waals surface area (Å²) in [5.74, 6) is -0.233. The normalized spacial score (nSPS) is 11.3. The van der Waals surface area contributed by atoms with Crippen molar-refractivity contribution in [2.45, 2.75) is 20.3 Å². The van der Waals surface area contributed by atoms with Gasteiger partial charge in [0.05, 0.1) is 19.6 Å². The summed E-state index contributed by atoms with van der Waals surface area (Å²) in [6.07, 6.45) is -0.518. The van der Waals surface area contributed by atoms with Crippen LogP contribution in [0.15, 0.2) is 23.2 Å². The van der Waals surface area contributed by atoms with E-state index in [1.807, 2.05) is 0 Å². The Balaban J connectivity index is 2.86. The average Bonchev–Trinajstić information content (AvgIpc) is 2.33. The molecule has 19 heavy (non-hydrogen) atoms. The Morgan fingerprint density at radius 2 is 2.00 bits per heavy atom. The summed E-state index contributed by atoms with van der Waals surface area (Å²) in [5.41, 5.74) is 0.625. The first-order chi connectivity index (χ1) is 9.06. The van der Waals surface area contributed by atoms with Crippen molar-refractivity contribution in [3.63, 3.8) is 0 Å². The lowest BCUT2D eigenvalue weighted by Gasteiger charge is -2.08. The predicted octanol–water partition coefficient (Wildman–Crippen LogP) is 3.61. The first-order valence-electron chi connectivity index (χ1n) is 5.87. The predicted molar refractivity (Wildman–Crippen MR) is 71.2 cm³/mol. The van der Waals surface area contributed by atoms with E-state index in [1.54, 1.807) is 13.8 Å². The highest BCUT2D eigenvalue weighted by atomic mass is 35.5. The summed E-state index contributed by atoms with van der Waals surface area (Å²) in [4.78, 5) is 15.0. The highest BCUT2D eigenvalue weighted by Crippen LogP contribution is 2.18. The second-order valence-electron chi connectivity index (χ2n) is 3.55. The first kappa shape index (κ1) is 15.4. The fraction of sp³-hybridized carbons (Fsp3) is 0.385. The summed E-state index contributed by atoms with van der Waals surface area (Å²) in [6.45, 7) is 4.05. The van der Waals surface area contributed by atoms with E-state index >= 15 is 0 Å². The quantitative estimate of drug-likeness (QED) is 0.628. The smallest absolute Gasteiger partial charge is 0.436 e. The van der Waals surface area contributed by atoms with E-state index in [0.29, 0.717) is 12.2 Å². The van der Waals surface area contributed by atoms with Crippen molar-refractivity contribution >= 4 is 23.6 Å². The molecular weight excluding hydrogens is 273 g/mol. The van der Waals surface area contributed by atoms with Gasteiger partial charge in [-0.15, -0.1) is 4.99 Å². The minimum atomic E-state index is -0.718.